The lowest BCUT2D eigenvalue weighted by atomic mass is 10.1. The molecule has 0 saturated carbocycles. The molecule has 1 aliphatic heterocycles. The Balaban J connectivity index is 2.06. The fourth-order valence-electron chi connectivity index (χ4n) is 1.61. The van der Waals surface area contributed by atoms with Crippen molar-refractivity contribution in [1.29, 1.82) is 0 Å². The molecule has 0 aromatic rings. The molecule has 4 nitrogen and oxygen atoms in total. The third kappa shape index (κ3) is 5.47. The van der Waals surface area contributed by atoms with Gasteiger partial charge in [-0.05, 0) is 19.9 Å². The molecule has 0 aromatic heterocycles. The van der Waals surface area contributed by atoms with Crippen LogP contribution >= 0.6 is 0 Å². The van der Waals surface area contributed by atoms with E-state index in [0.29, 0.717) is 25.7 Å². The molecule has 15 heavy (non-hydrogen) atoms. The van der Waals surface area contributed by atoms with Crippen molar-refractivity contribution in [3.63, 3.8) is 0 Å². The van der Waals surface area contributed by atoms with Crippen LogP contribution < -0.4 is 5.32 Å². The third-order valence-electron chi connectivity index (χ3n) is 2.55. The van der Waals surface area contributed by atoms with E-state index in [4.69, 9.17) is 9.47 Å². The zero-order valence-corrected chi connectivity index (χ0v) is 9.79. The first-order valence-corrected chi connectivity index (χ1v) is 5.72. The highest BCUT2D eigenvalue weighted by atomic mass is 16.5. The molecule has 1 saturated heterocycles. The molecule has 0 aliphatic carbocycles. The van der Waals surface area contributed by atoms with Gasteiger partial charge in [-0.2, -0.15) is 0 Å². The predicted molar refractivity (Wildman–Crippen MR) is 58.9 cm³/mol. The van der Waals surface area contributed by atoms with Crippen molar-refractivity contribution in [3.05, 3.63) is 0 Å². The van der Waals surface area contributed by atoms with Crippen LogP contribution in [0.25, 0.3) is 0 Å². The van der Waals surface area contributed by atoms with E-state index in [1.165, 1.54) is 0 Å². The van der Waals surface area contributed by atoms with Crippen LogP contribution in [0.15, 0.2) is 0 Å². The maximum Gasteiger partial charge on any atom is 0.0975 e. The molecule has 90 valence electrons. The smallest absolute Gasteiger partial charge is 0.0975 e. The first-order chi connectivity index (χ1) is 7.14. The molecule has 2 N–H and O–H groups in total. The van der Waals surface area contributed by atoms with Crippen molar-refractivity contribution in [2.24, 2.45) is 5.92 Å². The van der Waals surface area contributed by atoms with Crippen LogP contribution in [0.5, 0.6) is 0 Å². The molecule has 1 fully saturated rings. The van der Waals surface area contributed by atoms with E-state index in [-0.39, 0.29) is 0 Å². The van der Waals surface area contributed by atoms with Crippen LogP contribution in [0.4, 0.5) is 0 Å². The number of nitrogens with one attached hydrogen (secondary N) is 1. The van der Waals surface area contributed by atoms with Crippen LogP contribution in [0.3, 0.4) is 0 Å². The lowest BCUT2D eigenvalue weighted by Crippen LogP contribution is -2.42. The molecule has 0 amide bonds. The molecule has 4 heteroatoms. The second kappa shape index (κ2) is 6.43. The minimum atomic E-state index is -0.768. The van der Waals surface area contributed by atoms with Crippen molar-refractivity contribution >= 4 is 0 Å². The largest absolute Gasteiger partial charge is 0.386 e. The quantitative estimate of drug-likeness (QED) is 0.648. The summed E-state index contributed by atoms with van der Waals surface area (Å²) in [6.45, 7) is 7.99. The third-order valence-corrected chi connectivity index (χ3v) is 2.55. The monoisotopic (exact) mass is 217 g/mol. The summed E-state index contributed by atoms with van der Waals surface area (Å²) in [6, 6.07) is 0. The number of aliphatic hydroxyl groups is 1. The van der Waals surface area contributed by atoms with Crippen LogP contribution in [-0.2, 0) is 9.47 Å². The lowest BCUT2D eigenvalue weighted by molar-refractivity contribution is -0.0410. The number of ether oxygens (including phenoxy) is 2. The molecule has 1 aliphatic rings. The van der Waals surface area contributed by atoms with E-state index < -0.39 is 5.60 Å². The number of likely N-dealkylation sites (N-methyl/N-ethyl adjacent to an activating group) is 1. The normalized spacial score (nSPS) is 25.4. The standard InChI is InChI=1S/C11H23NO3/c1-3-12-8-11(2,13)9-15-7-10-4-5-14-6-10/h10,12-13H,3-9H2,1-2H3. The summed E-state index contributed by atoms with van der Waals surface area (Å²) < 4.78 is 10.8. The van der Waals surface area contributed by atoms with E-state index in [1.807, 2.05) is 6.92 Å². The zero-order valence-electron chi connectivity index (χ0n) is 9.79. The van der Waals surface area contributed by atoms with Gasteiger partial charge in [0.05, 0.1) is 25.4 Å². The summed E-state index contributed by atoms with van der Waals surface area (Å²) in [6.07, 6.45) is 1.08. The summed E-state index contributed by atoms with van der Waals surface area (Å²) in [5, 5.41) is 13.0. The summed E-state index contributed by atoms with van der Waals surface area (Å²) in [5.74, 6) is 0.514. The summed E-state index contributed by atoms with van der Waals surface area (Å²) in [4.78, 5) is 0. The summed E-state index contributed by atoms with van der Waals surface area (Å²) >= 11 is 0. The average Bonchev–Trinajstić information content (AvgIpc) is 2.67. The number of hydrogen-bond donors (Lipinski definition) is 2. The van der Waals surface area contributed by atoms with Gasteiger partial charge >= 0.3 is 0 Å². The van der Waals surface area contributed by atoms with Gasteiger partial charge in [0.1, 0.15) is 0 Å². The van der Waals surface area contributed by atoms with Gasteiger partial charge in [0.25, 0.3) is 0 Å². The Kier molecular flexibility index (Phi) is 5.53. The predicted octanol–water partition coefficient (Wildman–Crippen LogP) is 0.400. The van der Waals surface area contributed by atoms with E-state index in [9.17, 15) is 5.11 Å². The zero-order chi connectivity index (χ0) is 11.1. The molecule has 2 unspecified atom stereocenters. The van der Waals surface area contributed by atoms with Gasteiger partial charge in [-0.1, -0.05) is 6.92 Å². The second-order valence-electron chi connectivity index (χ2n) is 4.52. The molecule has 0 spiro atoms. The highest BCUT2D eigenvalue weighted by Crippen LogP contribution is 2.13. The van der Waals surface area contributed by atoms with Crippen LogP contribution in [0.1, 0.15) is 20.3 Å². The minimum Gasteiger partial charge on any atom is -0.386 e. The molecule has 0 bridgehead atoms. The molecular formula is C11H23NO3. The first-order valence-electron chi connectivity index (χ1n) is 5.72. The topological polar surface area (TPSA) is 50.7 Å². The van der Waals surface area contributed by atoms with Crippen molar-refractivity contribution in [2.45, 2.75) is 25.9 Å². The van der Waals surface area contributed by atoms with Gasteiger partial charge in [-0.3, -0.25) is 0 Å². The van der Waals surface area contributed by atoms with Gasteiger partial charge in [0.15, 0.2) is 0 Å². The molecule has 1 rings (SSSR count). The average molecular weight is 217 g/mol. The van der Waals surface area contributed by atoms with Crippen LogP contribution in [0.2, 0.25) is 0 Å². The lowest BCUT2D eigenvalue weighted by Gasteiger charge is -2.24. The second-order valence-corrected chi connectivity index (χ2v) is 4.52. The van der Waals surface area contributed by atoms with Crippen molar-refractivity contribution < 1.29 is 14.6 Å². The number of rotatable bonds is 7. The van der Waals surface area contributed by atoms with Crippen molar-refractivity contribution in [3.8, 4) is 0 Å². The highest BCUT2D eigenvalue weighted by molar-refractivity contribution is 4.75. The Hall–Kier alpha value is -0.160. The Bertz CT molecular complexity index is 167. The fourth-order valence-corrected chi connectivity index (χ4v) is 1.61. The van der Waals surface area contributed by atoms with E-state index in [0.717, 1.165) is 26.2 Å². The maximum absolute atomic E-state index is 9.90. The van der Waals surface area contributed by atoms with E-state index >= 15 is 0 Å². The van der Waals surface area contributed by atoms with Gasteiger partial charge < -0.3 is 19.9 Å². The van der Waals surface area contributed by atoms with Crippen LogP contribution in [-0.4, -0.2) is 50.2 Å². The SMILES string of the molecule is CCNCC(C)(O)COCC1CCOC1. The summed E-state index contributed by atoms with van der Waals surface area (Å²) in [7, 11) is 0. The van der Waals surface area contributed by atoms with Gasteiger partial charge in [0, 0.05) is 19.1 Å². The number of hydrogen-bond acceptors (Lipinski definition) is 4. The minimum absolute atomic E-state index is 0.385. The first kappa shape index (κ1) is 12.9. The molecule has 0 aromatic carbocycles. The van der Waals surface area contributed by atoms with Crippen molar-refractivity contribution in [1.82, 2.24) is 5.32 Å². The van der Waals surface area contributed by atoms with E-state index in [2.05, 4.69) is 5.32 Å². The molecule has 2 atom stereocenters. The molecule has 0 radical (unpaired) electrons. The van der Waals surface area contributed by atoms with Gasteiger partial charge in [-0.25, -0.2) is 0 Å². The highest BCUT2D eigenvalue weighted by Gasteiger charge is 2.22. The van der Waals surface area contributed by atoms with Crippen LogP contribution in [0, 0.1) is 5.92 Å². The Morgan fingerprint density at radius 3 is 3.00 bits per heavy atom. The Morgan fingerprint density at radius 2 is 2.40 bits per heavy atom. The molecule has 1 heterocycles. The van der Waals surface area contributed by atoms with E-state index in [1.54, 1.807) is 6.92 Å². The Labute approximate surface area is 92.0 Å². The molecular weight excluding hydrogens is 194 g/mol. The van der Waals surface area contributed by atoms with Crippen molar-refractivity contribution in [2.75, 3.05) is 39.5 Å². The fraction of sp³-hybridized carbons (Fsp3) is 1.00. The maximum atomic E-state index is 9.90. The summed E-state index contributed by atoms with van der Waals surface area (Å²) in [5.41, 5.74) is -0.768. The van der Waals surface area contributed by atoms with Gasteiger partial charge in [-0.15, -0.1) is 0 Å². The Morgan fingerprint density at radius 1 is 1.60 bits per heavy atom. The van der Waals surface area contributed by atoms with Gasteiger partial charge in [0.2, 0.25) is 0 Å².